The second-order valence-electron chi connectivity index (χ2n) is 4.21. The lowest BCUT2D eigenvalue weighted by molar-refractivity contribution is 0.0600. The number of aromatic nitrogens is 1. The Labute approximate surface area is 105 Å². The number of pyridine rings is 1. The normalized spacial score (nSPS) is 19.3. The molecule has 2 heterocycles. The van der Waals surface area contributed by atoms with Gasteiger partial charge in [0.15, 0.2) is 0 Å². The van der Waals surface area contributed by atoms with Gasteiger partial charge in [0.2, 0.25) is 0 Å². The smallest absolute Gasteiger partial charge is 0.341 e. The average molecular weight is 251 g/mol. The van der Waals surface area contributed by atoms with Gasteiger partial charge < -0.3 is 20.5 Å². The SMILES string of the molecule is COC(=O)c1cc(N)cnc1NC1CCCOC1. The van der Waals surface area contributed by atoms with Crippen LogP contribution in [-0.2, 0) is 9.47 Å². The molecule has 0 spiro atoms. The summed E-state index contributed by atoms with van der Waals surface area (Å²) in [4.78, 5) is 15.8. The van der Waals surface area contributed by atoms with Crippen molar-refractivity contribution in [1.82, 2.24) is 4.98 Å². The van der Waals surface area contributed by atoms with E-state index in [2.05, 4.69) is 10.3 Å². The number of hydrogen-bond acceptors (Lipinski definition) is 6. The summed E-state index contributed by atoms with van der Waals surface area (Å²) < 4.78 is 10.1. The van der Waals surface area contributed by atoms with Gasteiger partial charge in [0, 0.05) is 6.61 Å². The van der Waals surface area contributed by atoms with Crippen molar-refractivity contribution < 1.29 is 14.3 Å². The Hall–Kier alpha value is -1.82. The molecule has 1 unspecified atom stereocenters. The van der Waals surface area contributed by atoms with Crippen molar-refractivity contribution in [3.05, 3.63) is 17.8 Å². The molecule has 0 aliphatic carbocycles. The van der Waals surface area contributed by atoms with Crippen molar-refractivity contribution in [3.63, 3.8) is 0 Å². The molecular formula is C12H17N3O3. The fourth-order valence-corrected chi connectivity index (χ4v) is 1.91. The molecule has 1 atom stereocenters. The first kappa shape index (κ1) is 12.6. The quantitative estimate of drug-likeness (QED) is 0.781. The number of nitrogen functional groups attached to an aromatic ring is 1. The van der Waals surface area contributed by atoms with Gasteiger partial charge in [-0.05, 0) is 18.9 Å². The molecule has 0 bridgehead atoms. The maximum absolute atomic E-state index is 11.6. The van der Waals surface area contributed by atoms with Crippen LogP contribution in [0.15, 0.2) is 12.3 Å². The van der Waals surface area contributed by atoms with E-state index in [4.69, 9.17) is 15.2 Å². The van der Waals surface area contributed by atoms with Gasteiger partial charge in [-0.3, -0.25) is 0 Å². The second-order valence-corrected chi connectivity index (χ2v) is 4.21. The van der Waals surface area contributed by atoms with E-state index in [9.17, 15) is 4.79 Å². The molecule has 98 valence electrons. The molecule has 1 aromatic heterocycles. The molecule has 3 N–H and O–H groups in total. The third-order valence-corrected chi connectivity index (χ3v) is 2.82. The minimum absolute atomic E-state index is 0.165. The maximum Gasteiger partial charge on any atom is 0.341 e. The number of rotatable bonds is 3. The van der Waals surface area contributed by atoms with Crippen LogP contribution in [0.1, 0.15) is 23.2 Å². The van der Waals surface area contributed by atoms with Crippen molar-refractivity contribution in [2.24, 2.45) is 0 Å². The third-order valence-electron chi connectivity index (χ3n) is 2.82. The first-order valence-corrected chi connectivity index (χ1v) is 5.89. The predicted octanol–water partition coefficient (Wildman–Crippen LogP) is 1.04. The number of ether oxygens (including phenoxy) is 2. The van der Waals surface area contributed by atoms with Crippen molar-refractivity contribution in [2.45, 2.75) is 18.9 Å². The molecule has 6 nitrogen and oxygen atoms in total. The summed E-state index contributed by atoms with van der Waals surface area (Å²) in [5.74, 6) is 0.0422. The first-order valence-electron chi connectivity index (χ1n) is 5.89. The minimum atomic E-state index is -0.450. The minimum Gasteiger partial charge on any atom is -0.465 e. The molecule has 1 aromatic rings. The number of nitrogens with zero attached hydrogens (tertiary/aromatic N) is 1. The number of nitrogens with one attached hydrogen (secondary N) is 1. The van der Waals surface area contributed by atoms with Crippen LogP contribution in [-0.4, -0.2) is 37.3 Å². The number of methoxy groups -OCH3 is 1. The van der Waals surface area contributed by atoms with E-state index in [1.54, 1.807) is 6.07 Å². The zero-order chi connectivity index (χ0) is 13.0. The van der Waals surface area contributed by atoms with Crippen molar-refractivity contribution >= 4 is 17.5 Å². The van der Waals surface area contributed by atoms with Crippen molar-refractivity contribution in [2.75, 3.05) is 31.4 Å². The number of carbonyl (C=O) groups is 1. The molecular weight excluding hydrogens is 234 g/mol. The number of nitrogens with two attached hydrogens (primary N) is 1. The average Bonchev–Trinajstić information content (AvgIpc) is 2.41. The highest BCUT2D eigenvalue weighted by Crippen LogP contribution is 2.19. The van der Waals surface area contributed by atoms with Crippen LogP contribution < -0.4 is 11.1 Å². The number of esters is 1. The van der Waals surface area contributed by atoms with Crippen LogP contribution in [0.5, 0.6) is 0 Å². The van der Waals surface area contributed by atoms with Crippen LogP contribution in [0.2, 0.25) is 0 Å². The Morgan fingerprint density at radius 1 is 1.67 bits per heavy atom. The lowest BCUT2D eigenvalue weighted by atomic mass is 10.1. The fourth-order valence-electron chi connectivity index (χ4n) is 1.91. The van der Waals surface area contributed by atoms with E-state index in [-0.39, 0.29) is 6.04 Å². The Morgan fingerprint density at radius 2 is 2.50 bits per heavy atom. The number of anilines is 2. The molecule has 1 aliphatic heterocycles. The maximum atomic E-state index is 11.6. The number of hydrogen-bond donors (Lipinski definition) is 2. The van der Waals surface area contributed by atoms with Gasteiger partial charge in [-0.25, -0.2) is 9.78 Å². The lowest BCUT2D eigenvalue weighted by Crippen LogP contribution is -2.31. The summed E-state index contributed by atoms with van der Waals surface area (Å²) in [6, 6.07) is 1.73. The third kappa shape index (κ3) is 2.89. The van der Waals surface area contributed by atoms with E-state index >= 15 is 0 Å². The van der Waals surface area contributed by atoms with Gasteiger partial charge in [-0.1, -0.05) is 0 Å². The highest BCUT2D eigenvalue weighted by Gasteiger charge is 2.19. The van der Waals surface area contributed by atoms with E-state index in [1.807, 2.05) is 0 Å². The predicted molar refractivity (Wildman–Crippen MR) is 67.5 cm³/mol. The zero-order valence-corrected chi connectivity index (χ0v) is 10.3. The monoisotopic (exact) mass is 251 g/mol. The van der Waals surface area contributed by atoms with Crippen molar-refractivity contribution in [3.8, 4) is 0 Å². The van der Waals surface area contributed by atoms with Gasteiger partial charge in [0.25, 0.3) is 0 Å². The van der Waals surface area contributed by atoms with Crippen LogP contribution in [0, 0.1) is 0 Å². The molecule has 2 rings (SSSR count). The zero-order valence-electron chi connectivity index (χ0n) is 10.3. The Morgan fingerprint density at radius 3 is 3.17 bits per heavy atom. The van der Waals surface area contributed by atoms with Crippen LogP contribution in [0.25, 0.3) is 0 Å². The topological polar surface area (TPSA) is 86.5 Å². The van der Waals surface area contributed by atoms with Gasteiger partial charge in [-0.2, -0.15) is 0 Å². The molecule has 0 saturated carbocycles. The fraction of sp³-hybridized carbons (Fsp3) is 0.500. The molecule has 1 aliphatic rings. The Kier molecular flexibility index (Phi) is 3.99. The molecule has 6 heteroatoms. The van der Waals surface area contributed by atoms with Gasteiger partial charge in [0.1, 0.15) is 11.4 Å². The van der Waals surface area contributed by atoms with Crippen LogP contribution in [0.4, 0.5) is 11.5 Å². The lowest BCUT2D eigenvalue weighted by Gasteiger charge is -2.24. The summed E-state index contributed by atoms with van der Waals surface area (Å²) in [6.45, 7) is 1.41. The molecule has 0 amide bonds. The standard InChI is InChI=1S/C12H17N3O3/c1-17-12(16)10-5-8(13)6-14-11(10)15-9-3-2-4-18-7-9/h5-6,9H,2-4,7,13H2,1H3,(H,14,15). The first-order chi connectivity index (χ1) is 8.70. The highest BCUT2D eigenvalue weighted by atomic mass is 16.5. The largest absolute Gasteiger partial charge is 0.465 e. The second kappa shape index (κ2) is 5.68. The molecule has 1 fully saturated rings. The van der Waals surface area contributed by atoms with E-state index in [0.29, 0.717) is 23.7 Å². The van der Waals surface area contributed by atoms with E-state index < -0.39 is 5.97 Å². The van der Waals surface area contributed by atoms with E-state index in [0.717, 1.165) is 19.4 Å². The summed E-state index contributed by atoms with van der Waals surface area (Å²) in [5.41, 5.74) is 6.41. The van der Waals surface area contributed by atoms with Gasteiger partial charge in [0.05, 0.1) is 31.6 Å². The highest BCUT2D eigenvalue weighted by molar-refractivity contribution is 5.95. The van der Waals surface area contributed by atoms with Crippen LogP contribution >= 0.6 is 0 Å². The Balaban J connectivity index is 2.17. The molecule has 18 heavy (non-hydrogen) atoms. The summed E-state index contributed by atoms with van der Waals surface area (Å²) >= 11 is 0. The van der Waals surface area contributed by atoms with Crippen molar-refractivity contribution in [1.29, 1.82) is 0 Å². The Bertz CT molecular complexity index is 431. The summed E-state index contributed by atoms with van der Waals surface area (Å²) in [7, 11) is 1.33. The van der Waals surface area contributed by atoms with Crippen LogP contribution in [0.3, 0.4) is 0 Å². The molecule has 0 radical (unpaired) electrons. The molecule has 0 aromatic carbocycles. The molecule has 1 saturated heterocycles. The summed E-state index contributed by atoms with van der Waals surface area (Å²) in [5, 5.41) is 3.20. The van der Waals surface area contributed by atoms with Gasteiger partial charge in [-0.15, -0.1) is 0 Å². The number of carbonyl (C=O) groups excluding carboxylic acids is 1. The van der Waals surface area contributed by atoms with Gasteiger partial charge >= 0.3 is 5.97 Å². The van der Waals surface area contributed by atoms with E-state index in [1.165, 1.54) is 13.3 Å². The summed E-state index contributed by atoms with van der Waals surface area (Å²) in [6.07, 6.45) is 3.51.